The summed E-state index contributed by atoms with van der Waals surface area (Å²) in [6, 6.07) is 4.48. The number of Topliss-reactive ketones (excluding diaryl/α,β-unsaturated/α-hetero) is 1. The van der Waals surface area contributed by atoms with Gasteiger partial charge >= 0.3 is 0 Å². The number of likely N-dealkylation sites (N-methyl/N-ethyl adjacent to an activating group) is 1. The Morgan fingerprint density at radius 2 is 2.32 bits per heavy atom. The van der Waals surface area contributed by atoms with E-state index in [1.165, 1.54) is 12.1 Å². The minimum absolute atomic E-state index is 0.0739. The summed E-state index contributed by atoms with van der Waals surface area (Å²) in [5.74, 6) is -0.373. The number of carbonyl (C=O) groups excluding carboxylic acids is 1. The molecule has 5 heteroatoms. The van der Waals surface area contributed by atoms with Crippen LogP contribution in [0.5, 0.6) is 0 Å². The van der Waals surface area contributed by atoms with Crippen LogP contribution in [0.4, 0.5) is 4.39 Å². The van der Waals surface area contributed by atoms with Crippen molar-refractivity contribution in [3.63, 3.8) is 0 Å². The number of ketones is 1. The van der Waals surface area contributed by atoms with E-state index in [1.54, 1.807) is 6.07 Å². The number of rotatable bonds is 5. The second-order valence-corrected chi connectivity index (χ2v) is 5.54. The molecule has 0 bridgehead atoms. The molecular weight excluding hydrogens is 313 g/mol. The summed E-state index contributed by atoms with van der Waals surface area (Å²) in [6.45, 7) is 3.82. The first-order valence-electron chi connectivity index (χ1n) is 6.39. The summed E-state index contributed by atoms with van der Waals surface area (Å²) >= 11 is 3.35. The van der Waals surface area contributed by atoms with E-state index in [0.29, 0.717) is 18.8 Å². The first-order chi connectivity index (χ1) is 9.11. The van der Waals surface area contributed by atoms with Crippen LogP contribution < -0.4 is 5.32 Å². The van der Waals surface area contributed by atoms with Gasteiger partial charge in [0.2, 0.25) is 0 Å². The van der Waals surface area contributed by atoms with Crippen LogP contribution in [0.2, 0.25) is 0 Å². The van der Waals surface area contributed by atoms with Gasteiger partial charge in [-0.15, -0.1) is 0 Å². The topological polar surface area (TPSA) is 38.3 Å². The van der Waals surface area contributed by atoms with Crippen molar-refractivity contribution in [3.05, 3.63) is 34.1 Å². The standard InChI is InChI=1S/C14H17BrFNO2/c1-2-17-13-8-19-7-11(13)14(18)6-9-5-10(16)3-4-12(9)15/h3-5,11,13,17H,2,6-8H2,1H3. The molecule has 1 aromatic carbocycles. The molecule has 19 heavy (non-hydrogen) atoms. The van der Waals surface area contributed by atoms with E-state index in [-0.39, 0.29) is 30.0 Å². The van der Waals surface area contributed by atoms with Gasteiger partial charge in [0.05, 0.1) is 19.1 Å². The van der Waals surface area contributed by atoms with Crippen LogP contribution >= 0.6 is 15.9 Å². The van der Waals surface area contributed by atoms with Gasteiger partial charge in [0.25, 0.3) is 0 Å². The van der Waals surface area contributed by atoms with Gasteiger partial charge in [-0.2, -0.15) is 0 Å². The van der Waals surface area contributed by atoms with E-state index in [2.05, 4.69) is 21.2 Å². The van der Waals surface area contributed by atoms with Gasteiger partial charge in [0, 0.05) is 16.9 Å². The fraction of sp³-hybridized carbons (Fsp3) is 0.500. The number of halogens is 2. The van der Waals surface area contributed by atoms with Crippen molar-refractivity contribution >= 4 is 21.7 Å². The predicted octanol–water partition coefficient (Wildman–Crippen LogP) is 2.32. The molecule has 1 fully saturated rings. The molecule has 2 unspecified atom stereocenters. The van der Waals surface area contributed by atoms with Crippen LogP contribution in [0.3, 0.4) is 0 Å². The van der Waals surface area contributed by atoms with Crippen molar-refractivity contribution < 1.29 is 13.9 Å². The van der Waals surface area contributed by atoms with E-state index in [1.807, 2.05) is 6.92 Å². The number of hydrogen-bond acceptors (Lipinski definition) is 3. The summed E-state index contributed by atoms with van der Waals surface area (Å²) in [6.07, 6.45) is 0.230. The van der Waals surface area contributed by atoms with Gasteiger partial charge in [-0.1, -0.05) is 22.9 Å². The third-order valence-electron chi connectivity index (χ3n) is 3.33. The summed E-state index contributed by atoms with van der Waals surface area (Å²) in [4.78, 5) is 12.3. The van der Waals surface area contributed by atoms with E-state index < -0.39 is 0 Å². The second kappa shape index (κ2) is 6.59. The van der Waals surface area contributed by atoms with Crippen LogP contribution in [0.1, 0.15) is 12.5 Å². The zero-order valence-electron chi connectivity index (χ0n) is 10.8. The van der Waals surface area contributed by atoms with Gasteiger partial charge in [0.15, 0.2) is 0 Å². The summed E-state index contributed by atoms with van der Waals surface area (Å²) in [7, 11) is 0. The molecule has 1 saturated heterocycles. The highest BCUT2D eigenvalue weighted by Crippen LogP contribution is 2.22. The molecule has 0 aromatic heterocycles. The maximum Gasteiger partial charge on any atom is 0.144 e. The molecule has 3 nitrogen and oxygen atoms in total. The number of nitrogens with one attached hydrogen (secondary N) is 1. The predicted molar refractivity (Wildman–Crippen MR) is 74.6 cm³/mol. The van der Waals surface area contributed by atoms with Gasteiger partial charge in [-0.05, 0) is 30.3 Å². The van der Waals surface area contributed by atoms with Gasteiger partial charge in [-0.3, -0.25) is 4.79 Å². The van der Waals surface area contributed by atoms with Crippen LogP contribution in [0, 0.1) is 11.7 Å². The molecule has 0 saturated carbocycles. The molecule has 104 valence electrons. The molecule has 1 heterocycles. The summed E-state index contributed by atoms with van der Waals surface area (Å²) in [5.41, 5.74) is 0.687. The second-order valence-electron chi connectivity index (χ2n) is 4.69. The number of hydrogen-bond donors (Lipinski definition) is 1. The van der Waals surface area contributed by atoms with E-state index in [0.717, 1.165) is 11.0 Å². The smallest absolute Gasteiger partial charge is 0.144 e. The van der Waals surface area contributed by atoms with Crippen LogP contribution in [-0.2, 0) is 16.0 Å². The number of ether oxygens (including phenoxy) is 1. The molecular formula is C14H17BrFNO2. The highest BCUT2D eigenvalue weighted by atomic mass is 79.9. The monoisotopic (exact) mass is 329 g/mol. The Bertz CT molecular complexity index is 467. The van der Waals surface area contributed by atoms with Gasteiger partial charge in [0.1, 0.15) is 11.6 Å². The van der Waals surface area contributed by atoms with E-state index >= 15 is 0 Å². The van der Waals surface area contributed by atoms with Crippen molar-refractivity contribution in [2.24, 2.45) is 5.92 Å². The Morgan fingerprint density at radius 3 is 3.05 bits per heavy atom. The SMILES string of the molecule is CCNC1COCC1C(=O)Cc1cc(F)ccc1Br. The summed E-state index contributed by atoms with van der Waals surface area (Å²) < 4.78 is 19.3. The Morgan fingerprint density at radius 1 is 1.53 bits per heavy atom. The Labute approximate surface area is 120 Å². The third-order valence-corrected chi connectivity index (χ3v) is 4.11. The molecule has 2 atom stereocenters. The lowest BCUT2D eigenvalue weighted by Crippen LogP contribution is -2.39. The fourth-order valence-electron chi connectivity index (χ4n) is 2.33. The van der Waals surface area contributed by atoms with Gasteiger partial charge < -0.3 is 10.1 Å². The van der Waals surface area contributed by atoms with Crippen molar-refractivity contribution in [3.8, 4) is 0 Å². The maximum absolute atomic E-state index is 13.2. The normalized spacial score (nSPS) is 22.7. The van der Waals surface area contributed by atoms with E-state index in [9.17, 15) is 9.18 Å². The largest absolute Gasteiger partial charge is 0.379 e. The molecule has 2 rings (SSSR count). The van der Waals surface area contributed by atoms with Gasteiger partial charge in [-0.25, -0.2) is 4.39 Å². The lowest BCUT2D eigenvalue weighted by molar-refractivity contribution is -0.122. The van der Waals surface area contributed by atoms with Crippen molar-refractivity contribution in [2.45, 2.75) is 19.4 Å². The molecule has 1 aliphatic rings. The Balaban J connectivity index is 2.06. The zero-order chi connectivity index (χ0) is 13.8. The zero-order valence-corrected chi connectivity index (χ0v) is 12.4. The highest BCUT2D eigenvalue weighted by Gasteiger charge is 2.33. The van der Waals surface area contributed by atoms with Crippen molar-refractivity contribution in [1.82, 2.24) is 5.32 Å². The fourth-order valence-corrected chi connectivity index (χ4v) is 2.72. The molecule has 0 radical (unpaired) electrons. The minimum Gasteiger partial charge on any atom is -0.379 e. The molecule has 1 aromatic rings. The Hall–Kier alpha value is -0.780. The quantitative estimate of drug-likeness (QED) is 0.901. The lowest BCUT2D eigenvalue weighted by atomic mass is 9.93. The van der Waals surface area contributed by atoms with Crippen LogP contribution in [-0.4, -0.2) is 31.6 Å². The molecule has 1 aliphatic heterocycles. The third kappa shape index (κ3) is 3.61. The highest BCUT2D eigenvalue weighted by molar-refractivity contribution is 9.10. The van der Waals surface area contributed by atoms with Crippen molar-refractivity contribution in [2.75, 3.05) is 19.8 Å². The maximum atomic E-state index is 13.2. The number of carbonyl (C=O) groups is 1. The molecule has 0 amide bonds. The first-order valence-corrected chi connectivity index (χ1v) is 7.19. The lowest BCUT2D eigenvalue weighted by Gasteiger charge is -2.17. The molecule has 1 N–H and O–H groups in total. The Kier molecular flexibility index (Phi) is 5.07. The number of benzene rings is 1. The summed E-state index contributed by atoms with van der Waals surface area (Å²) in [5, 5.41) is 3.26. The minimum atomic E-state index is -0.322. The molecule has 0 aliphatic carbocycles. The first kappa shape index (κ1) is 14.6. The molecule has 0 spiro atoms. The van der Waals surface area contributed by atoms with Crippen LogP contribution in [0.15, 0.2) is 22.7 Å². The van der Waals surface area contributed by atoms with Crippen LogP contribution in [0.25, 0.3) is 0 Å². The average molecular weight is 330 g/mol. The average Bonchev–Trinajstić information content (AvgIpc) is 2.82. The van der Waals surface area contributed by atoms with E-state index in [4.69, 9.17) is 4.74 Å². The van der Waals surface area contributed by atoms with Crippen molar-refractivity contribution in [1.29, 1.82) is 0 Å².